The first-order valence-corrected chi connectivity index (χ1v) is 4.67. The molecule has 0 saturated carbocycles. The van der Waals surface area contributed by atoms with E-state index in [1.165, 1.54) is 0 Å². The molecular formula is C10H22LiNO. The second-order valence-corrected chi connectivity index (χ2v) is 5.16. The number of methoxy groups -OCH3 is 1. The Labute approximate surface area is 94.0 Å². The average molecular weight is 179 g/mol. The second-order valence-electron chi connectivity index (χ2n) is 5.16. The zero-order valence-electron chi connectivity index (χ0n) is 8.90. The molecule has 1 rings (SSSR count). The average Bonchev–Trinajstić information content (AvgIpc) is 1.80. The summed E-state index contributed by atoms with van der Waals surface area (Å²) in [7, 11) is 1.81. The Morgan fingerprint density at radius 1 is 1.08 bits per heavy atom. The number of rotatable bonds is 1. The van der Waals surface area contributed by atoms with Crippen LogP contribution in [0.2, 0.25) is 0 Å². The summed E-state index contributed by atoms with van der Waals surface area (Å²) in [5.41, 5.74) is 0.421. The van der Waals surface area contributed by atoms with Crippen LogP contribution in [-0.2, 0) is 4.74 Å². The van der Waals surface area contributed by atoms with Gasteiger partial charge < -0.3 is 10.1 Å². The van der Waals surface area contributed by atoms with Crippen LogP contribution >= 0.6 is 0 Å². The fraction of sp³-hybridized carbons (Fsp3) is 1.00. The minimum atomic E-state index is 0. The Balaban J connectivity index is 0.00000144. The zero-order valence-corrected chi connectivity index (χ0v) is 8.90. The van der Waals surface area contributed by atoms with Crippen LogP contribution in [0.15, 0.2) is 0 Å². The molecule has 0 amide bonds. The molecule has 0 aromatic rings. The summed E-state index contributed by atoms with van der Waals surface area (Å²) in [6, 6.07) is 0. The molecule has 2 nitrogen and oxygen atoms in total. The van der Waals surface area contributed by atoms with E-state index in [0.29, 0.717) is 6.10 Å². The van der Waals surface area contributed by atoms with E-state index >= 15 is 0 Å². The molecule has 0 aliphatic carbocycles. The summed E-state index contributed by atoms with van der Waals surface area (Å²) >= 11 is 0. The van der Waals surface area contributed by atoms with Gasteiger partial charge in [-0.25, -0.2) is 0 Å². The number of nitrogens with one attached hydrogen (secondary N) is 1. The predicted octanol–water partition coefficient (Wildman–Crippen LogP) is 1.29. The summed E-state index contributed by atoms with van der Waals surface area (Å²) in [5.74, 6) is 0. The van der Waals surface area contributed by atoms with E-state index in [1.807, 2.05) is 7.11 Å². The summed E-state index contributed by atoms with van der Waals surface area (Å²) < 4.78 is 5.42. The molecule has 0 atom stereocenters. The van der Waals surface area contributed by atoms with Gasteiger partial charge in [-0.05, 0) is 40.5 Å². The van der Waals surface area contributed by atoms with Gasteiger partial charge in [-0.15, -0.1) is 0 Å². The van der Waals surface area contributed by atoms with Crippen molar-refractivity contribution in [2.45, 2.75) is 57.7 Å². The molecule has 3 heteroatoms. The van der Waals surface area contributed by atoms with E-state index in [4.69, 9.17) is 4.74 Å². The number of piperidine rings is 1. The van der Waals surface area contributed by atoms with Crippen LogP contribution in [0, 0.1) is 0 Å². The van der Waals surface area contributed by atoms with Gasteiger partial charge in [0.1, 0.15) is 0 Å². The third-order valence-electron chi connectivity index (χ3n) is 2.49. The molecule has 0 aromatic carbocycles. The van der Waals surface area contributed by atoms with Crippen LogP contribution in [0.1, 0.15) is 40.5 Å². The van der Waals surface area contributed by atoms with Crippen molar-refractivity contribution in [3.05, 3.63) is 0 Å². The molecule has 0 unspecified atom stereocenters. The first-order chi connectivity index (χ1) is 5.35. The Morgan fingerprint density at radius 3 is 1.77 bits per heavy atom. The van der Waals surface area contributed by atoms with Gasteiger partial charge in [0.05, 0.1) is 6.10 Å². The van der Waals surface area contributed by atoms with Crippen LogP contribution in [-0.4, -0.2) is 43.2 Å². The number of hydrogen-bond acceptors (Lipinski definition) is 2. The van der Waals surface area contributed by atoms with Gasteiger partial charge in [0.15, 0.2) is 0 Å². The molecule has 0 radical (unpaired) electrons. The van der Waals surface area contributed by atoms with E-state index in [-0.39, 0.29) is 29.9 Å². The summed E-state index contributed by atoms with van der Waals surface area (Å²) in [6.07, 6.45) is 2.62. The first-order valence-electron chi connectivity index (χ1n) is 4.67. The number of hydrogen-bond donors (Lipinski definition) is 1. The molecule has 0 aromatic heterocycles. The first kappa shape index (κ1) is 13.5. The van der Waals surface area contributed by atoms with Crippen molar-refractivity contribution in [1.82, 2.24) is 5.32 Å². The molecular weight excluding hydrogens is 157 g/mol. The molecule has 13 heavy (non-hydrogen) atoms. The van der Waals surface area contributed by atoms with Crippen LogP contribution in [0.5, 0.6) is 0 Å². The van der Waals surface area contributed by atoms with Crippen LogP contribution in [0.25, 0.3) is 0 Å². The van der Waals surface area contributed by atoms with Crippen molar-refractivity contribution in [1.29, 1.82) is 0 Å². The summed E-state index contributed by atoms with van der Waals surface area (Å²) in [5, 5.41) is 3.62. The van der Waals surface area contributed by atoms with Gasteiger partial charge in [0, 0.05) is 18.2 Å². The van der Waals surface area contributed by atoms with Crippen molar-refractivity contribution in [3.8, 4) is 0 Å². The molecule has 0 spiro atoms. The van der Waals surface area contributed by atoms with Gasteiger partial charge in [-0.2, -0.15) is 0 Å². The standard InChI is InChI=1S/C10H21NO.Li.H/c1-9(2)6-8(12-5)7-10(3,4)11-9;;/h8,11H,6-7H2,1-5H3;;. The molecule has 0 bridgehead atoms. The molecule has 1 N–H and O–H groups in total. The van der Waals surface area contributed by atoms with Crippen LogP contribution in [0.4, 0.5) is 0 Å². The van der Waals surface area contributed by atoms with Gasteiger partial charge in [-0.3, -0.25) is 0 Å². The third-order valence-corrected chi connectivity index (χ3v) is 2.49. The normalized spacial score (nSPS) is 26.5. The molecule has 1 fully saturated rings. The Morgan fingerprint density at radius 2 is 1.46 bits per heavy atom. The fourth-order valence-corrected chi connectivity index (χ4v) is 2.40. The van der Waals surface area contributed by atoms with Crippen molar-refractivity contribution in [2.24, 2.45) is 0 Å². The number of ether oxygens (including phenoxy) is 1. The molecule has 74 valence electrons. The monoisotopic (exact) mass is 179 g/mol. The summed E-state index contributed by atoms with van der Waals surface area (Å²) in [6.45, 7) is 8.94. The topological polar surface area (TPSA) is 21.3 Å². The Hall–Kier alpha value is 0.517. The minimum absolute atomic E-state index is 0. The summed E-state index contributed by atoms with van der Waals surface area (Å²) in [4.78, 5) is 0. The van der Waals surface area contributed by atoms with Gasteiger partial charge in [0.2, 0.25) is 0 Å². The fourth-order valence-electron chi connectivity index (χ4n) is 2.40. The van der Waals surface area contributed by atoms with E-state index in [9.17, 15) is 0 Å². The molecule has 1 aliphatic rings. The van der Waals surface area contributed by atoms with Crippen molar-refractivity contribution in [3.63, 3.8) is 0 Å². The molecule has 1 heterocycles. The van der Waals surface area contributed by atoms with Crippen molar-refractivity contribution in [2.75, 3.05) is 7.11 Å². The maximum atomic E-state index is 5.42. The molecule has 1 saturated heterocycles. The Bertz CT molecular complexity index is 152. The second kappa shape index (κ2) is 4.36. The predicted molar refractivity (Wildman–Crippen MR) is 58.5 cm³/mol. The van der Waals surface area contributed by atoms with Crippen LogP contribution in [0.3, 0.4) is 0 Å². The third kappa shape index (κ3) is 4.04. The van der Waals surface area contributed by atoms with Gasteiger partial charge >= 0.3 is 18.9 Å². The van der Waals surface area contributed by atoms with E-state index in [2.05, 4.69) is 33.0 Å². The SMILES string of the molecule is COC1CC(C)(C)NC(C)(C)C1.[LiH]. The van der Waals surface area contributed by atoms with Gasteiger partial charge in [0.25, 0.3) is 0 Å². The van der Waals surface area contributed by atoms with E-state index in [0.717, 1.165) is 12.8 Å². The molecule has 1 aliphatic heterocycles. The van der Waals surface area contributed by atoms with E-state index < -0.39 is 0 Å². The van der Waals surface area contributed by atoms with Crippen molar-refractivity contribution < 1.29 is 4.74 Å². The zero-order chi connectivity index (χ0) is 9.41. The van der Waals surface area contributed by atoms with Gasteiger partial charge in [-0.1, -0.05) is 0 Å². The Kier molecular flexibility index (Phi) is 4.53. The van der Waals surface area contributed by atoms with Crippen molar-refractivity contribution >= 4 is 18.9 Å². The quantitative estimate of drug-likeness (QED) is 0.612. The van der Waals surface area contributed by atoms with E-state index in [1.54, 1.807) is 0 Å². The maximum absolute atomic E-state index is 5.42. The van der Waals surface area contributed by atoms with Crippen LogP contribution < -0.4 is 5.32 Å².